The summed E-state index contributed by atoms with van der Waals surface area (Å²) in [5, 5.41) is 16.3. The van der Waals surface area contributed by atoms with Crippen LogP contribution in [0.2, 0.25) is 0 Å². The number of rotatable bonds is 7. The van der Waals surface area contributed by atoms with Crippen molar-refractivity contribution in [2.24, 2.45) is 0 Å². The largest absolute Gasteiger partial charge is 0.378 e. The van der Waals surface area contributed by atoms with Gasteiger partial charge in [-0.1, -0.05) is 6.07 Å². The second-order valence-electron chi connectivity index (χ2n) is 6.93. The fourth-order valence-corrected chi connectivity index (χ4v) is 3.07. The third-order valence-electron chi connectivity index (χ3n) is 4.63. The van der Waals surface area contributed by atoms with Gasteiger partial charge in [0.2, 0.25) is 0 Å². The highest BCUT2D eigenvalue weighted by Gasteiger charge is 2.36. The lowest BCUT2D eigenvalue weighted by molar-refractivity contribution is -0.384. The van der Waals surface area contributed by atoms with E-state index in [1.807, 2.05) is 37.2 Å². The van der Waals surface area contributed by atoms with Gasteiger partial charge in [-0.15, -0.1) is 0 Å². The molecule has 156 valence electrons. The third-order valence-corrected chi connectivity index (χ3v) is 4.63. The SMILES string of the molecule is CN(C)c1cccc(NC(=O)NCCCN2C(=O)c3ccc([N+](=O)[O-])cc3C2=O)c1. The van der Waals surface area contributed by atoms with Crippen LogP contribution < -0.4 is 15.5 Å². The van der Waals surface area contributed by atoms with Crippen LogP contribution >= 0.6 is 0 Å². The van der Waals surface area contributed by atoms with Gasteiger partial charge in [0.15, 0.2) is 0 Å². The van der Waals surface area contributed by atoms with E-state index in [-0.39, 0.29) is 29.9 Å². The number of anilines is 2. The van der Waals surface area contributed by atoms with E-state index >= 15 is 0 Å². The Labute approximate surface area is 172 Å². The molecule has 1 aliphatic rings. The molecule has 0 saturated heterocycles. The van der Waals surface area contributed by atoms with Crippen LogP contribution in [0.25, 0.3) is 0 Å². The van der Waals surface area contributed by atoms with E-state index < -0.39 is 22.8 Å². The number of nitrogens with zero attached hydrogens (tertiary/aromatic N) is 3. The van der Waals surface area contributed by atoms with Crippen molar-refractivity contribution in [2.75, 3.05) is 37.4 Å². The van der Waals surface area contributed by atoms with Crippen molar-refractivity contribution in [1.82, 2.24) is 10.2 Å². The Morgan fingerprint density at radius 3 is 2.53 bits per heavy atom. The predicted molar refractivity (Wildman–Crippen MR) is 111 cm³/mol. The van der Waals surface area contributed by atoms with Gasteiger partial charge in [0.05, 0.1) is 16.1 Å². The summed E-state index contributed by atoms with van der Waals surface area (Å²) in [6.07, 6.45) is 0.346. The Bertz CT molecular complexity index is 1020. The number of imide groups is 1. The maximum atomic E-state index is 12.4. The van der Waals surface area contributed by atoms with E-state index in [1.165, 1.54) is 12.1 Å². The molecular weight excluding hydrogens is 390 g/mol. The Hall–Kier alpha value is -3.95. The van der Waals surface area contributed by atoms with Crippen molar-refractivity contribution < 1.29 is 19.3 Å². The quantitative estimate of drug-likeness (QED) is 0.312. The molecule has 10 heteroatoms. The lowest BCUT2D eigenvalue weighted by Gasteiger charge is -2.15. The van der Waals surface area contributed by atoms with Gasteiger partial charge >= 0.3 is 6.03 Å². The molecule has 2 aromatic carbocycles. The Morgan fingerprint density at radius 2 is 1.83 bits per heavy atom. The van der Waals surface area contributed by atoms with Crippen LogP contribution in [0.3, 0.4) is 0 Å². The number of nitro groups is 1. The molecular formula is C20H21N5O5. The molecule has 2 N–H and O–H groups in total. The van der Waals surface area contributed by atoms with Crippen LogP contribution in [-0.4, -0.2) is 54.9 Å². The second-order valence-corrected chi connectivity index (χ2v) is 6.93. The van der Waals surface area contributed by atoms with Crippen LogP contribution in [0.5, 0.6) is 0 Å². The van der Waals surface area contributed by atoms with Crippen LogP contribution in [0.4, 0.5) is 21.9 Å². The minimum absolute atomic E-state index is 0.0284. The summed E-state index contributed by atoms with van der Waals surface area (Å²) in [4.78, 5) is 50.1. The third kappa shape index (κ3) is 4.37. The average Bonchev–Trinajstić information content (AvgIpc) is 2.95. The highest BCUT2D eigenvalue weighted by molar-refractivity contribution is 6.21. The molecule has 3 rings (SSSR count). The van der Waals surface area contributed by atoms with Gasteiger partial charge in [-0.2, -0.15) is 0 Å². The van der Waals surface area contributed by atoms with Gasteiger partial charge in [0.1, 0.15) is 0 Å². The van der Waals surface area contributed by atoms with E-state index in [9.17, 15) is 24.5 Å². The molecule has 0 unspecified atom stereocenters. The van der Waals surface area contributed by atoms with Crippen LogP contribution in [0, 0.1) is 10.1 Å². The number of hydrogen-bond acceptors (Lipinski definition) is 6. The first-order chi connectivity index (χ1) is 14.3. The number of benzene rings is 2. The fourth-order valence-electron chi connectivity index (χ4n) is 3.07. The Balaban J connectivity index is 1.50. The number of fused-ring (bicyclic) bond motifs is 1. The first kappa shape index (κ1) is 20.8. The summed E-state index contributed by atoms with van der Waals surface area (Å²) in [5.74, 6) is -1.06. The predicted octanol–water partition coefficient (Wildman–Crippen LogP) is 2.47. The van der Waals surface area contributed by atoms with Crippen molar-refractivity contribution in [2.45, 2.75) is 6.42 Å². The average molecular weight is 411 g/mol. The van der Waals surface area contributed by atoms with Gasteiger partial charge in [-0.25, -0.2) is 4.79 Å². The molecule has 0 aromatic heterocycles. The fraction of sp³-hybridized carbons (Fsp3) is 0.250. The van der Waals surface area contributed by atoms with Gasteiger partial charge in [-0.05, 0) is 30.7 Å². The van der Waals surface area contributed by atoms with Gasteiger partial charge in [-0.3, -0.25) is 24.6 Å². The Kier molecular flexibility index (Phi) is 5.95. The second kappa shape index (κ2) is 8.60. The van der Waals surface area contributed by atoms with E-state index in [2.05, 4.69) is 10.6 Å². The molecule has 0 spiro atoms. The first-order valence-corrected chi connectivity index (χ1v) is 9.25. The van der Waals surface area contributed by atoms with Crippen molar-refractivity contribution in [1.29, 1.82) is 0 Å². The summed E-state index contributed by atoms with van der Waals surface area (Å²) in [5.41, 5.74) is 1.52. The molecule has 30 heavy (non-hydrogen) atoms. The lowest BCUT2D eigenvalue weighted by atomic mass is 10.1. The van der Waals surface area contributed by atoms with Gasteiger partial charge in [0.25, 0.3) is 17.5 Å². The molecule has 0 radical (unpaired) electrons. The van der Waals surface area contributed by atoms with E-state index in [1.54, 1.807) is 6.07 Å². The zero-order valence-electron chi connectivity index (χ0n) is 16.5. The first-order valence-electron chi connectivity index (χ1n) is 9.25. The number of urea groups is 1. The number of amides is 4. The normalized spacial score (nSPS) is 12.5. The molecule has 1 aliphatic heterocycles. The van der Waals surface area contributed by atoms with Crippen molar-refractivity contribution >= 4 is 34.9 Å². The van der Waals surface area contributed by atoms with Gasteiger partial charge in [0, 0.05) is 50.7 Å². The number of hydrogen-bond donors (Lipinski definition) is 2. The molecule has 0 saturated carbocycles. The van der Waals surface area contributed by atoms with E-state index in [0.29, 0.717) is 12.1 Å². The van der Waals surface area contributed by atoms with Crippen LogP contribution in [0.1, 0.15) is 27.1 Å². The molecule has 2 aromatic rings. The maximum absolute atomic E-state index is 12.4. The standard InChI is InChI=1S/C20H21N5O5/c1-23(2)14-6-3-5-13(11-14)22-20(28)21-9-4-10-24-18(26)16-8-7-15(25(29)30)12-17(16)19(24)27/h3,5-8,11-12H,4,9-10H2,1-2H3,(H2,21,22,28). The topological polar surface area (TPSA) is 125 Å². The molecule has 1 heterocycles. The molecule has 0 aliphatic carbocycles. The van der Waals surface area contributed by atoms with E-state index in [0.717, 1.165) is 16.7 Å². The minimum Gasteiger partial charge on any atom is -0.378 e. The molecule has 10 nitrogen and oxygen atoms in total. The van der Waals surface area contributed by atoms with Crippen LogP contribution in [-0.2, 0) is 0 Å². The smallest absolute Gasteiger partial charge is 0.319 e. The molecule has 4 amide bonds. The number of carbonyl (C=O) groups is 3. The summed E-state index contributed by atoms with van der Waals surface area (Å²) in [6.45, 7) is 0.337. The highest BCUT2D eigenvalue weighted by atomic mass is 16.6. The van der Waals surface area contributed by atoms with Crippen molar-refractivity contribution in [3.8, 4) is 0 Å². The number of non-ortho nitro benzene ring substituents is 1. The van der Waals surface area contributed by atoms with Crippen LogP contribution in [0.15, 0.2) is 42.5 Å². The Morgan fingerprint density at radius 1 is 1.10 bits per heavy atom. The summed E-state index contributed by atoms with van der Waals surface area (Å²) in [6, 6.07) is 10.6. The van der Waals surface area contributed by atoms with Crippen molar-refractivity contribution in [3.05, 3.63) is 63.7 Å². The number of nitrogens with one attached hydrogen (secondary N) is 2. The summed E-state index contributed by atoms with van der Waals surface area (Å²) < 4.78 is 0. The molecule has 0 atom stereocenters. The zero-order valence-corrected chi connectivity index (χ0v) is 16.5. The highest BCUT2D eigenvalue weighted by Crippen LogP contribution is 2.26. The lowest BCUT2D eigenvalue weighted by Crippen LogP contribution is -2.35. The molecule has 0 bridgehead atoms. The van der Waals surface area contributed by atoms with Gasteiger partial charge < -0.3 is 15.5 Å². The monoisotopic (exact) mass is 411 g/mol. The number of nitro benzene ring substituents is 1. The summed E-state index contributed by atoms with van der Waals surface area (Å²) in [7, 11) is 3.80. The summed E-state index contributed by atoms with van der Waals surface area (Å²) >= 11 is 0. The number of carbonyl (C=O) groups excluding carboxylic acids is 3. The minimum atomic E-state index is -0.614. The maximum Gasteiger partial charge on any atom is 0.319 e. The van der Waals surface area contributed by atoms with Crippen molar-refractivity contribution in [3.63, 3.8) is 0 Å². The zero-order chi connectivity index (χ0) is 21.8. The molecule has 0 fully saturated rings. The van der Waals surface area contributed by atoms with E-state index in [4.69, 9.17) is 0 Å².